The Bertz CT molecular complexity index is 809. The lowest BCUT2D eigenvalue weighted by molar-refractivity contribution is 0.718. The molecule has 3 aromatic rings. The van der Waals surface area contributed by atoms with Crippen LogP contribution in [0.25, 0.3) is 11.1 Å². The Balaban J connectivity index is 1.81. The van der Waals surface area contributed by atoms with E-state index in [2.05, 4.69) is 84.9 Å². The Hall–Kier alpha value is -2.61. The van der Waals surface area contributed by atoms with Crippen molar-refractivity contribution in [2.24, 2.45) is 4.99 Å². The lowest BCUT2D eigenvalue weighted by Gasteiger charge is -2.04. The molecule has 0 radical (unpaired) electrons. The van der Waals surface area contributed by atoms with Gasteiger partial charge in [0, 0.05) is 29.7 Å². The summed E-state index contributed by atoms with van der Waals surface area (Å²) in [7, 11) is 0. The van der Waals surface area contributed by atoms with Gasteiger partial charge in [0.05, 0.1) is 5.69 Å². The molecule has 0 N–H and O–H groups in total. The standard InChI is InChI=1S/C21H22N2/c1-4-23-16(2)14-20(17(23)3)15-22-21-12-10-19(11-13-21)18-8-6-5-7-9-18/h5-15H,4H2,1-3H3. The lowest BCUT2D eigenvalue weighted by Crippen LogP contribution is -1.99. The average Bonchev–Trinajstić information content (AvgIpc) is 2.87. The average molecular weight is 302 g/mol. The number of aromatic nitrogens is 1. The molecule has 0 fully saturated rings. The smallest absolute Gasteiger partial charge is 0.0630 e. The Morgan fingerprint density at radius 2 is 1.57 bits per heavy atom. The molecule has 0 aliphatic heterocycles. The van der Waals surface area contributed by atoms with Gasteiger partial charge in [0.1, 0.15) is 0 Å². The van der Waals surface area contributed by atoms with E-state index in [9.17, 15) is 0 Å². The zero-order chi connectivity index (χ0) is 16.2. The van der Waals surface area contributed by atoms with Crippen molar-refractivity contribution in [2.75, 3.05) is 0 Å². The fourth-order valence-electron chi connectivity index (χ4n) is 2.96. The minimum Gasteiger partial charge on any atom is -0.349 e. The molecule has 1 aromatic heterocycles. The van der Waals surface area contributed by atoms with Crippen LogP contribution < -0.4 is 0 Å². The maximum Gasteiger partial charge on any atom is 0.0630 e. The van der Waals surface area contributed by atoms with E-state index in [1.54, 1.807) is 0 Å². The van der Waals surface area contributed by atoms with E-state index in [1.165, 1.54) is 28.1 Å². The number of nitrogens with zero attached hydrogens (tertiary/aromatic N) is 2. The maximum atomic E-state index is 4.62. The van der Waals surface area contributed by atoms with Crippen molar-refractivity contribution >= 4 is 11.9 Å². The molecule has 0 amide bonds. The Morgan fingerprint density at radius 3 is 2.17 bits per heavy atom. The highest BCUT2D eigenvalue weighted by atomic mass is 15.0. The van der Waals surface area contributed by atoms with Crippen LogP contribution in [0, 0.1) is 13.8 Å². The zero-order valence-electron chi connectivity index (χ0n) is 14.0. The van der Waals surface area contributed by atoms with Crippen LogP contribution in [0.15, 0.2) is 65.7 Å². The zero-order valence-corrected chi connectivity index (χ0v) is 14.0. The van der Waals surface area contributed by atoms with Gasteiger partial charge < -0.3 is 4.57 Å². The monoisotopic (exact) mass is 302 g/mol. The molecule has 0 atom stereocenters. The number of rotatable bonds is 4. The topological polar surface area (TPSA) is 17.3 Å². The van der Waals surface area contributed by atoms with Crippen LogP contribution in [-0.2, 0) is 6.54 Å². The van der Waals surface area contributed by atoms with Crippen molar-refractivity contribution in [1.29, 1.82) is 0 Å². The molecule has 2 nitrogen and oxygen atoms in total. The van der Waals surface area contributed by atoms with Crippen LogP contribution in [-0.4, -0.2) is 10.8 Å². The van der Waals surface area contributed by atoms with Gasteiger partial charge in [-0.1, -0.05) is 42.5 Å². The number of benzene rings is 2. The van der Waals surface area contributed by atoms with E-state index in [1.807, 2.05) is 12.3 Å². The first-order chi connectivity index (χ1) is 11.2. The number of aryl methyl sites for hydroxylation is 1. The van der Waals surface area contributed by atoms with E-state index >= 15 is 0 Å². The summed E-state index contributed by atoms with van der Waals surface area (Å²) < 4.78 is 2.31. The third-order valence-corrected chi connectivity index (χ3v) is 4.26. The van der Waals surface area contributed by atoms with Gasteiger partial charge >= 0.3 is 0 Å². The fourth-order valence-corrected chi connectivity index (χ4v) is 2.96. The molecule has 3 rings (SSSR count). The first-order valence-corrected chi connectivity index (χ1v) is 8.05. The number of aliphatic imine (C=N–C) groups is 1. The van der Waals surface area contributed by atoms with E-state index in [0.29, 0.717) is 0 Å². The molecule has 1 heterocycles. The molecule has 0 aliphatic carbocycles. The Morgan fingerprint density at radius 1 is 0.913 bits per heavy atom. The van der Waals surface area contributed by atoms with Crippen molar-refractivity contribution in [3.05, 3.63) is 77.6 Å². The molecule has 0 spiro atoms. The fraction of sp³-hybridized carbons (Fsp3) is 0.190. The van der Waals surface area contributed by atoms with Crippen molar-refractivity contribution in [1.82, 2.24) is 4.57 Å². The lowest BCUT2D eigenvalue weighted by atomic mass is 10.1. The van der Waals surface area contributed by atoms with Gasteiger partial charge in [-0.05, 0) is 50.1 Å². The first-order valence-electron chi connectivity index (χ1n) is 8.05. The molecular weight excluding hydrogens is 280 g/mol. The molecule has 0 aliphatic rings. The normalized spacial score (nSPS) is 11.3. The summed E-state index contributed by atoms with van der Waals surface area (Å²) in [6.45, 7) is 7.46. The summed E-state index contributed by atoms with van der Waals surface area (Å²) in [5.41, 5.74) is 7.17. The maximum absolute atomic E-state index is 4.62. The number of hydrogen-bond acceptors (Lipinski definition) is 1. The third-order valence-electron chi connectivity index (χ3n) is 4.26. The molecular formula is C21H22N2. The molecule has 0 unspecified atom stereocenters. The van der Waals surface area contributed by atoms with Crippen LogP contribution >= 0.6 is 0 Å². The molecule has 0 saturated heterocycles. The summed E-state index contributed by atoms with van der Waals surface area (Å²) >= 11 is 0. The van der Waals surface area contributed by atoms with Gasteiger partial charge in [-0.25, -0.2) is 0 Å². The van der Waals surface area contributed by atoms with Gasteiger partial charge in [-0.2, -0.15) is 0 Å². The largest absolute Gasteiger partial charge is 0.349 e. The highest BCUT2D eigenvalue weighted by Gasteiger charge is 2.05. The SMILES string of the molecule is CCn1c(C)cc(C=Nc2ccc(-c3ccccc3)cc2)c1C. The van der Waals surface area contributed by atoms with Crippen LogP contribution in [0.4, 0.5) is 5.69 Å². The predicted octanol–water partition coefficient (Wildman–Crippen LogP) is 5.54. The van der Waals surface area contributed by atoms with Gasteiger partial charge in [0.2, 0.25) is 0 Å². The highest BCUT2D eigenvalue weighted by Crippen LogP contribution is 2.22. The van der Waals surface area contributed by atoms with E-state index in [0.717, 1.165) is 12.2 Å². The Labute approximate surface area is 138 Å². The molecule has 23 heavy (non-hydrogen) atoms. The minimum atomic E-state index is 0.978. The van der Waals surface area contributed by atoms with Gasteiger partial charge in [-0.15, -0.1) is 0 Å². The molecule has 116 valence electrons. The van der Waals surface area contributed by atoms with Crippen LogP contribution in [0.1, 0.15) is 23.9 Å². The van der Waals surface area contributed by atoms with Gasteiger partial charge in [0.15, 0.2) is 0 Å². The summed E-state index contributed by atoms with van der Waals surface area (Å²) in [6, 6.07) is 21.0. The van der Waals surface area contributed by atoms with Crippen molar-refractivity contribution < 1.29 is 0 Å². The van der Waals surface area contributed by atoms with E-state index in [4.69, 9.17) is 0 Å². The third kappa shape index (κ3) is 3.26. The van der Waals surface area contributed by atoms with Crippen LogP contribution in [0.2, 0.25) is 0 Å². The Kier molecular flexibility index (Phi) is 4.42. The van der Waals surface area contributed by atoms with Gasteiger partial charge in [0.25, 0.3) is 0 Å². The van der Waals surface area contributed by atoms with Crippen molar-refractivity contribution in [3.8, 4) is 11.1 Å². The van der Waals surface area contributed by atoms with Crippen LogP contribution in [0.3, 0.4) is 0 Å². The van der Waals surface area contributed by atoms with E-state index in [-0.39, 0.29) is 0 Å². The quantitative estimate of drug-likeness (QED) is 0.563. The molecule has 0 bridgehead atoms. The highest BCUT2D eigenvalue weighted by molar-refractivity contribution is 5.84. The number of hydrogen-bond donors (Lipinski definition) is 0. The summed E-state index contributed by atoms with van der Waals surface area (Å²) in [6.07, 6.45) is 1.96. The second kappa shape index (κ2) is 6.66. The van der Waals surface area contributed by atoms with Crippen LogP contribution in [0.5, 0.6) is 0 Å². The van der Waals surface area contributed by atoms with Crippen molar-refractivity contribution in [2.45, 2.75) is 27.3 Å². The molecule has 0 saturated carbocycles. The van der Waals surface area contributed by atoms with Gasteiger partial charge in [-0.3, -0.25) is 4.99 Å². The second-order valence-corrected chi connectivity index (χ2v) is 5.74. The van der Waals surface area contributed by atoms with E-state index < -0.39 is 0 Å². The summed E-state index contributed by atoms with van der Waals surface area (Å²) in [5.74, 6) is 0. The predicted molar refractivity (Wildman–Crippen MR) is 98.7 cm³/mol. The first kappa shape index (κ1) is 15.3. The second-order valence-electron chi connectivity index (χ2n) is 5.74. The molecule has 2 heteroatoms. The summed E-state index contributed by atoms with van der Waals surface area (Å²) in [4.78, 5) is 4.62. The van der Waals surface area contributed by atoms with Crippen molar-refractivity contribution in [3.63, 3.8) is 0 Å². The summed E-state index contributed by atoms with van der Waals surface area (Å²) in [5, 5.41) is 0. The molecule has 2 aromatic carbocycles. The minimum absolute atomic E-state index is 0.978.